The Balaban J connectivity index is 2.21. The summed E-state index contributed by atoms with van der Waals surface area (Å²) in [6.07, 6.45) is 7.77. The summed E-state index contributed by atoms with van der Waals surface area (Å²) < 4.78 is 5.75. The van der Waals surface area contributed by atoms with Gasteiger partial charge in [0, 0.05) is 6.04 Å². The van der Waals surface area contributed by atoms with Gasteiger partial charge in [0.05, 0.1) is 7.11 Å². The maximum Gasteiger partial charge on any atom is 0.125 e. The molecule has 21 heavy (non-hydrogen) atoms. The zero-order valence-corrected chi connectivity index (χ0v) is 14.2. The van der Waals surface area contributed by atoms with Crippen LogP contribution < -0.4 is 10.1 Å². The topological polar surface area (TPSA) is 21.3 Å². The minimum Gasteiger partial charge on any atom is -0.496 e. The largest absolute Gasteiger partial charge is 0.496 e. The number of ether oxygens (including phenoxy) is 1. The zero-order chi connectivity index (χ0) is 15.2. The fourth-order valence-corrected chi connectivity index (χ4v) is 3.58. The molecular formula is C19H31NO. The Morgan fingerprint density at radius 3 is 2.67 bits per heavy atom. The summed E-state index contributed by atoms with van der Waals surface area (Å²) in [5.41, 5.74) is 4.05. The van der Waals surface area contributed by atoms with Crippen LogP contribution in [0.3, 0.4) is 0 Å². The molecule has 1 aromatic rings. The summed E-state index contributed by atoms with van der Waals surface area (Å²) in [6, 6.07) is 5.23. The number of hydrogen-bond acceptors (Lipinski definition) is 2. The monoisotopic (exact) mass is 289 g/mol. The van der Waals surface area contributed by atoms with Crippen LogP contribution in [-0.4, -0.2) is 19.7 Å². The van der Waals surface area contributed by atoms with Crippen molar-refractivity contribution in [2.75, 3.05) is 13.7 Å². The van der Waals surface area contributed by atoms with Crippen LogP contribution in [0.5, 0.6) is 5.75 Å². The first-order chi connectivity index (χ1) is 10.2. The Kier molecular flexibility index (Phi) is 6.10. The fraction of sp³-hybridized carbons (Fsp3) is 0.684. The lowest BCUT2D eigenvalue weighted by Gasteiger charge is -2.24. The van der Waals surface area contributed by atoms with E-state index in [1.54, 1.807) is 0 Å². The van der Waals surface area contributed by atoms with Gasteiger partial charge in [0.25, 0.3) is 0 Å². The molecule has 118 valence electrons. The second-order valence-corrected chi connectivity index (χ2v) is 6.50. The maximum absolute atomic E-state index is 5.75. The molecular weight excluding hydrogens is 258 g/mol. The smallest absolute Gasteiger partial charge is 0.125 e. The van der Waals surface area contributed by atoms with E-state index in [1.807, 2.05) is 7.11 Å². The van der Waals surface area contributed by atoms with Crippen LogP contribution in [0.15, 0.2) is 12.1 Å². The van der Waals surface area contributed by atoms with Gasteiger partial charge in [-0.05, 0) is 68.7 Å². The molecule has 1 saturated carbocycles. The lowest BCUT2D eigenvalue weighted by Crippen LogP contribution is -2.30. The van der Waals surface area contributed by atoms with Crippen molar-refractivity contribution in [2.24, 2.45) is 0 Å². The van der Waals surface area contributed by atoms with Gasteiger partial charge in [0.2, 0.25) is 0 Å². The highest BCUT2D eigenvalue weighted by Crippen LogP contribution is 2.39. The van der Waals surface area contributed by atoms with Gasteiger partial charge in [0.15, 0.2) is 0 Å². The summed E-state index contributed by atoms with van der Waals surface area (Å²) in [7, 11) is 1.81. The number of benzene rings is 1. The van der Waals surface area contributed by atoms with E-state index in [2.05, 4.69) is 38.2 Å². The third-order valence-electron chi connectivity index (χ3n) is 4.96. The second-order valence-electron chi connectivity index (χ2n) is 6.50. The molecule has 1 fully saturated rings. The molecule has 0 spiro atoms. The Bertz CT molecular complexity index is 455. The van der Waals surface area contributed by atoms with Gasteiger partial charge < -0.3 is 10.1 Å². The molecule has 1 N–H and O–H groups in total. The molecule has 0 heterocycles. The molecule has 0 aromatic heterocycles. The second kappa shape index (κ2) is 7.84. The van der Waals surface area contributed by atoms with E-state index in [9.17, 15) is 0 Å². The van der Waals surface area contributed by atoms with Crippen LogP contribution in [-0.2, 0) is 0 Å². The average Bonchev–Trinajstić information content (AvgIpc) is 2.73. The number of methoxy groups -OCH3 is 1. The minimum atomic E-state index is 0.635. The molecule has 1 aromatic carbocycles. The Morgan fingerprint density at radius 2 is 1.95 bits per heavy atom. The molecule has 0 bridgehead atoms. The van der Waals surface area contributed by atoms with E-state index in [0.717, 1.165) is 12.3 Å². The molecule has 1 aliphatic rings. The molecule has 2 rings (SSSR count). The third kappa shape index (κ3) is 4.00. The Labute approximate surface area is 130 Å². The number of aryl methyl sites for hydroxylation is 1. The van der Waals surface area contributed by atoms with E-state index in [4.69, 9.17) is 4.74 Å². The number of nitrogens with one attached hydrogen (secondary N) is 1. The minimum absolute atomic E-state index is 0.635. The predicted molar refractivity (Wildman–Crippen MR) is 90.4 cm³/mol. The van der Waals surface area contributed by atoms with Gasteiger partial charge in [0.1, 0.15) is 5.75 Å². The normalized spacial score (nSPS) is 22.9. The average molecular weight is 289 g/mol. The predicted octanol–water partition coefficient (Wildman–Crippen LogP) is 4.73. The van der Waals surface area contributed by atoms with Gasteiger partial charge >= 0.3 is 0 Å². The van der Waals surface area contributed by atoms with Crippen LogP contribution in [0.2, 0.25) is 0 Å². The first-order valence-corrected chi connectivity index (χ1v) is 8.54. The maximum atomic E-state index is 5.75. The molecule has 0 aliphatic heterocycles. The number of rotatable bonds is 5. The first kappa shape index (κ1) is 16.4. The highest BCUT2D eigenvalue weighted by Gasteiger charge is 2.24. The molecule has 2 heteroatoms. The van der Waals surface area contributed by atoms with Crippen molar-refractivity contribution in [1.82, 2.24) is 5.32 Å². The summed E-state index contributed by atoms with van der Waals surface area (Å²) in [6.45, 7) is 7.73. The highest BCUT2D eigenvalue weighted by atomic mass is 16.5. The Hall–Kier alpha value is -1.02. The van der Waals surface area contributed by atoms with E-state index in [0.29, 0.717) is 12.0 Å². The van der Waals surface area contributed by atoms with Crippen LogP contribution in [0, 0.1) is 13.8 Å². The lowest BCUT2D eigenvalue weighted by molar-refractivity contribution is 0.391. The highest BCUT2D eigenvalue weighted by molar-refractivity contribution is 5.47. The van der Waals surface area contributed by atoms with Crippen LogP contribution in [0.4, 0.5) is 0 Å². The van der Waals surface area contributed by atoms with Gasteiger partial charge in [-0.15, -0.1) is 0 Å². The molecule has 0 saturated heterocycles. The Morgan fingerprint density at radius 1 is 1.19 bits per heavy atom. The van der Waals surface area contributed by atoms with Crippen molar-refractivity contribution in [3.05, 3.63) is 28.8 Å². The van der Waals surface area contributed by atoms with Gasteiger partial charge in [-0.1, -0.05) is 31.9 Å². The molecule has 2 atom stereocenters. The van der Waals surface area contributed by atoms with E-state index >= 15 is 0 Å². The van der Waals surface area contributed by atoms with Crippen LogP contribution in [0.25, 0.3) is 0 Å². The zero-order valence-electron chi connectivity index (χ0n) is 14.2. The summed E-state index contributed by atoms with van der Waals surface area (Å²) in [5.74, 6) is 1.76. The van der Waals surface area contributed by atoms with Crippen molar-refractivity contribution in [2.45, 2.75) is 71.3 Å². The lowest BCUT2D eigenvalue weighted by atomic mass is 9.87. The number of hydrogen-bond donors (Lipinski definition) is 1. The van der Waals surface area contributed by atoms with E-state index in [1.165, 1.54) is 55.2 Å². The van der Waals surface area contributed by atoms with Crippen molar-refractivity contribution in [1.29, 1.82) is 0 Å². The summed E-state index contributed by atoms with van der Waals surface area (Å²) in [5, 5.41) is 3.73. The standard InChI is InChI=1S/C19H31NO/c1-5-12-20-17-9-7-6-8-16(13-17)18-11-10-14(2)15(3)19(18)21-4/h10-11,16-17,20H,5-9,12-13H2,1-4H3. The molecule has 1 aliphatic carbocycles. The SMILES string of the molecule is CCCNC1CCCCC(c2ccc(C)c(C)c2OC)C1. The van der Waals surface area contributed by atoms with Crippen molar-refractivity contribution in [3.8, 4) is 5.75 Å². The summed E-state index contributed by atoms with van der Waals surface area (Å²) in [4.78, 5) is 0. The van der Waals surface area contributed by atoms with E-state index < -0.39 is 0 Å². The van der Waals surface area contributed by atoms with Crippen LogP contribution in [0.1, 0.15) is 68.1 Å². The van der Waals surface area contributed by atoms with Gasteiger partial charge in [-0.2, -0.15) is 0 Å². The van der Waals surface area contributed by atoms with Gasteiger partial charge in [-0.25, -0.2) is 0 Å². The van der Waals surface area contributed by atoms with Crippen molar-refractivity contribution < 1.29 is 4.74 Å². The van der Waals surface area contributed by atoms with Gasteiger partial charge in [-0.3, -0.25) is 0 Å². The molecule has 0 amide bonds. The molecule has 2 nitrogen and oxygen atoms in total. The summed E-state index contributed by atoms with van der Waals surface area (Å²) >= 11 is 0. The van der Waals surface area contributed by atoms with E-state index in [-0.39, 0.29) is 0 Å². The quantitative estimate of drug-likeness (QED) is 0.791. The fourth-order valence-electron chi connectivity index (χ4n) is 3.58. The molecule has 2 unspecified atom stereocenters. The van der Waals surface area contributed by atoms with Crippen LogP contribution >= 0.6 is 0 Å². The molecule has 0 radical (unpaired) electrons. The third-order valence-corrected chi connectivity index (χ3v) is 4.96. The van der Waals surface area contributed by atoms with Crippen molar-refractivity contribution >= 4 is 0 Å². The first-order valence-electron chi connectivity index (χ1n) is 8.54. The van der Waals surface area contributed by atoms with Crippen molar-refractivity contribution in [3.63, 3.8) is 0 Å².